The summed E-state index contributed by atoms with van der Waals surface area (Å²) < 4.78 is 35.4. The molecule has 158 valence electrons. The van der Waals surface area contributed by atoms with E-state index in [2.05, 4.69) is 5.32 Å². The summed E-state index contributed by atoms with van der Waals surface area (Å²) >= 11 is 0. The van der Waals surface area contributed by atoms with Crippen molar-refractivity contribution in [3.05, 3.63) is 54.1 Å². The largest absolute Gasteiger partial charge is 0.497 e. The van der Waals surface area contributed by atoms with E-state index in [1.807, 2.05) is 26.8 Å². The van der Waals surface area contributed by atoms with Crippen LogP contribution in [0.2, 0.25) is 0 Å². The van der Waals surface area contributed by atoms with Gasteiger partial charge in [-0.15, -0.1) is 0 Å². The van der Waals surface area contributed by atoms with Crippen LogP contribution >= 0.6 is 0 Å². The van der Waals surface area contributed by atoms with Crippen molar-refractivity contribution < 1.29 is 22.1 Å². The zero-order chi connectivity index (χ0) is 21.4. The van der Waals surface area contributed by atoms with Crippen molar-refractivity contribution in [3.63, 3.8) is 0 Å². The van der Waals surface area contributed by atoms with E-state index in [1.54, 1.807) is 35.2 Å². The molecule has 1 atom stereocenters. The maximum atomic E-state index is 12.5. The first-order chi connectivity index (χ1) is 13.8. The molecule has 0 heterocycles. The first-order valence-electron chi connectivity index (χ1n) is 9.52. The molecule has 2 rings (SSSR count). The fourth-order valence-electron chi connectivity index (χ4n) is 2.71. The summed E-state index contributed by atoms with van der Waals surface area (Å²) in [5.41, 5.74) is 0.777. The molecule has 0 saturated carbocycles. The minimum absolute atomic E-state index is 0.0345. The number of hydrogen-bond acceptors (Lipinski definition) is 5. The second-order valence-electron chi connectivity index (χ2n) is 6.58. The molecule has 0 aliphatic carbocycles. The van der Waals surface area contributed by atoms with E-state index in [0.717, 1.165) is 12.0 Å². The highest BCUT2D eigenvalue weighted by Gasteiger charge is 2.20. The molecule has 0 aromatic heterocycles. The summed E-state index contributed by atoms with van der Waals surface area (Å²) in [7, 11) is -2.47. The number of amides is 2. The van der Waals surface area contributed by atoms with Crippen LogP contribution in [0.4, 0.5) is 4.79 Å². The quantitative estimate of drug-likeness (QED) is 0.624. The maximum Gasteiger partial charge on any atom is 0.339 e. The Balaban J connectivity index is 2.20. The van der Waals surface area contributed by atoms with Gasteiger partial charge in [0.2, 0.25) is 0 Å². The zero-order valence-corrected chi connectivity index (χ0v) is 18.0. The molecular weight excluding hydrogens is 392 g/mol. The number of methoxy groups -OCH3 is 1. The molecule has 0 spiro atoms. The van der Waals surface area contributed by atoms with Gasteiger partial charge in [-0.25, -0.2) is 4.79 Å². The molecule has 2 aromatic rings. The third-order valence-electron chi connectivity index (χ3n) is 4.52. The molecule has 2 aromatic carbocycles. The van der Waals surface area contributed by atoms with Gasteiger partial charge in [-0.3, -0.25) is 0 Å². The van der Waals surface area contributed by atoms with Gasteiger partial charge < -0.3 is 19.1 Å². The van der Waals surface area contributed by atoms with E-state index in [4.69, 9.17) is 8.92 Å². The number of urea groups is 1. The Hall–Kier alpha value is -2.74. The molecule has 29 heavy (non-hydrogen) atoms. The smallest absolute Gasteiger partial charge is 0.339 e. The van der Waals surface area contributed by atoms with Crippen molar-refractivity contribution in [1.29, 1.82) is 0 Å². The van der Waals surface area contributed by atoms with E-state index >= 15 is 0 Å². The molecule has 8 heteroatoms. The molecule has 0 aliphatic heterocycles. The molecule has 1 N–H and O–H groups in total. The highest BCUT2D eigenvalue weighted by atomic mass is 32.2. The fraction of sp³-hybridized carbons (Fsp3) is 0.381. The summed E-state index contributed by atoms with van der Waals surface area (Å²) in [5, 5.41) is 2.81. The van der Waals surface area contributed by atoms with Crippen LogP contribution in [0.5, 0.6) is 11.5 Å². The summed E-state index contributed by atoms with van der Waals surface area (Å²) in [5.74, 6) is 0.750. The van der Waals surface area contributed by atoms with Crippen LogP contribution in [0.25, 0.3) is 0 Å². The fourth-order valence-corrected chi connectivity index (χ4v) is 3.63. The van der Waals surface area contributed by atoms with Gasteiger partial charge in [0.05, 0.1) is 7.11 Å². The van der Waals surface area contributed by atoms with Crippen LogP contribution in [-0.4, -0.2) is 39.0 Å². The Kier molecular flexibility index (Phi) is 7.90. The zero-order valence-electron chi connectivity index (χ0n) is 17.2. The van der Waals surface area contributed by atoms with Gasteiger partial charge in [0.25, 0.3) is 0 Å². The van der Waals surface area contributed by atoms with Crippen LogP contribution < -0.4 is 14.2 Å². The van der Waals surface area contributed by atoms with Crippen LogP contribution in [-0.2, 0) is 16.7 Å². The van der Waals surface area contributed by atoms with Crippen molar-refractivity contribution in [2.45, 2.75) is 44.7 Å². The van der Waals surface area contributed by atoms with Gasteiger partial charge >= 0.3 is 16.1 Å². The average molecular weight is 421 g/mol. The van der Waals surface area contributed by atoms with Gasteiger partial charge in [0.1, 0.15) is 16.4 Å². The molecule has 0 aliphatic rings. The lowest BCUT2D eigenvalue weighted by Crippen LogP contribution is -2.44. The lowest BCUT2D eigenvalue weighted by Gasteiger charge is -2.28. The van der Waals surface area contributed by atoms with E-state index in [9.17, 15) is 13.2 Å². The number of nitrogens with one attached hydrogen (secondary N) is 1. The molecule has 0 bridgehead atoms. The van der Waals surface area contributed by atoms with Crippen molar-refractivity contribution in [2.24, 2.45) is 0 Å². The number of rotatable bonds is 9. The standard InChI is InChI=1S/C21H28N2O5S/c1-5-16(3)23(21(24)22-6-2)15-17-8-7-9-19(14-17)28-29(25,26)20-12-10-18(27-4)11-13-20/h7-14,16H,5-6,15H2,1-4H3,(H,22,24). The lowest BCUT2D eigenvalue weighted by molar-refractivity contribution is 0.174. The van der Waals surface area contributed by atoms with Gasteiger partial charge in [-0.1, -0.05) is 19.1 Å². The number of hydrogen-bond donors (Lipinski definition) is 1. The summed E-state index contributed by atoms with van der Waals surface area (Å²) in [6.07, 6.45) is 0.805. The van der Waals surface area contributed by atoms with E-state index in [-0.39, 0.29) is 22.7 Å². The van der Waals surface area contributed by atoms with Crippen molar-refractivity contribution in [1.82, 2.24) is 10.2 Å². The van der Waals surface area contributed by atoms with Gasteiger partial charge in [0, 0.05) is 19.1 Å². The summed E-state index contributed by atoms with van der Waals surface area (Å²) in [6, 6.07) is 12.6. The highest BCUT2D eigenvalue weighted by Crippen LogP contribution is 2.23. The number of carbonyl (C=O) groups excluding carboxylic acids is 1. The normalized spacial score (nSPS) is 12.1. The summed E-state index contributed by atoms with van der Waals surface area (Å²) in [6.45, 7) is 6.74. The third kappa shape index (κ3) is 6.12. The minimum atomic E-state index is -3.98. The molecule has 0 radical (unpaired) electrons. The van der Waals surface area contributed by atoms with Crippen molar-refractivity contribution >= 4 is 16.1 Å². The molecule has 1 unspecified atom stereocenters. The first kappa shape index (κ1) is 22.5. The molecule has 0 saturated heterocycles. The van der Waals surface area contributed by atoms with Crippen LogP contribution in [0.3, 0.4) is 0 Å². The second-order valence-corrected chi connectivity index (χ2v) is 8.13. The first-order valence-corrected chi connectivity index (χ1v) is 10.9. The minimum Gasteiger partial charge on any atom is -0.497 e. The Labute approximate surface area is 172 Å². The summed E-state index contributed by atoms with van der Waals surface area (Å²) in [4.78, 5) is 14.1. The average Bonchev–Trinajstić information content (AvgIpc) is 2.71. The lowest BCUT2D eigenvalue weighted by atomic mass is 10.1. The maximum absolute atomic E-state index is 12.5. The topological polar surface area (TPSA) is 84.9 Å². The Morgan fingerprint density at radius 1 is 1.10 bits per heavy atom. The van der Waals surface area contributed by atoms with E-state index in [0.29, 0.717) is 18.8 Å². The van der Waals surface area contributed by atoms with Gasteiger partial charge in [-0.2, -0.15) is 8.42 Å². The predicted molar refractivity (Wildman–Crippen MR) is 112 cm³/mol. The number of nitrogens with zero attached hydrogens (tertiary/aromatic N) is 1. The highest BCUT2D eigenvalue weighted by molar-refractivity contribution is 7.87. The second kappa shape index (κ2) is 10.2. The van der Waals surface area contributed by atoms with Gasteiger partial charge in [-0.05, 0) is 62.2 Å². The molecule has 7 nitrogen and oxygen atoms in total. The van der Waals surface area contributed by atoms with Crippen LogP contribution in [0, 0.1) is 0 Å². The van der Waals surface area contributed by atoms with Crippen LogP contribution in [0.1, 0.15) is 32.8 Å². The Morgan fingerprint density at radius 2 is 1.79 bits per heavy atom. The number of carbonyl (C=O) groups is 1. The Morgan fingerprint density at radius 3 is 2.38 bits per heavy atom. The SMILES string of the molecule is CCNC(=O)N(Cc1cccc(OS(=O)(=O)c2ccc(OC)cc2)c1)C(C)CC. The third-order valence-corrected chi connectivity index (χ3v) is 5.78. The van der Waals surface area contributed by atoms with Crippen molar-refractivity contribution in [2.75, 3.05) is 13.7 Å². The van der Waals surface area contributed by atoms with E-state index < -0.39 is 10.1 Å². The predicted octanol–water partition coefficient (Wildman–Crippen LogP) is 3.79. The van der Waals surface area contributed by atoms with Crippen LogP contribution in [0.15, 0.2) is 53.4 Å². The molecular formula is C21H28N2O5S. The van der Waals surface area contributed by atoms with E-state index in [1.165, 1.54) is 19.2 Å². The van der Waals surface area contributed by atoms with Crippen molar-refractivity contribution in [3.8, 4) is 11.5 Å². The number of benzene rings is 2. The Bertz CT molecular complexity index is 913. The van der Waals surface area contributed by atoms with Gasteiger partial charge in [0.15, 0.2) is 0 Å². The molecule has 0 fully saturated rings. The monoisotopic (exact) mass is 420 g/mol. The molecule has 2 amide bonds. The number of ether oxygens (including phenoxy) is 1.